The molecule has 154 valence electrons. The van der Waals surface area contributed by atoms with Crippen LogP contribution in [0.1, 0.15) is 59.5 Å². The fourth-order valence-electron chi connectivity index (χ4n) is 3.97. The van der Waals surface area contributed by atoms with Gasteiger partial charge in [0.1, 0.15) is 11.5 Å². The third-order valence-electron chi connectivity index (χ3n) is 5.98. The van der Waals surface area contributed by atoms with E-state index in [1.165, 1.54) is 4.90 Å². The largest absolute Gasteiger partial charge is 0.508 e. The first-order valence-corrected chi connectivity index (χ1v) is 10.6. The third-order valence-corrected chi connectivity index (χ3v) is 6.98. The molecule has 2 aliphatic rings. The lowest BCUT2D eigenvalue weighted by Crippen LogP contribution is -2.36. The number of likely N-dealkylation sites (tertiary alicyclic amines) is 1. The highest BCUT2D eigenvalue weighted by Crippen LogP contribution is 2.41. The summed E-state index contributed by atoms with van der Waals surface area (Å²) in [7, 11) is 0. The molecule has 0 aliphatic carbocycles. The van der Waals surface area contributed by atoms with Gasteiger partial charge in [-0.2, -0.15) is 0 Å². The predicted molar refractivity (Wildman–Crippen MR) is 111 cm³/mol. The maximum atomic E-state index is 11.1. The summed E-state index contributed by atoms with van der Waals surface area (Å²) in [6.45, 7) is 7.01. The summed E-state index contributed by atoms with van der Waals surface area (Å²) in [5.74, 6) is 0.499. The van der Waals surface area contributed by atoms with E-state index in [1.807, 2.05) is 32.2 Å². The molecule has 2 aromatic rings. The van der Waals surface area contributed by atoms with Gasteiger partial charge in [0.2, 0.25) is 0 Å². The number of hydrogen-bond donors (Lipinski definition) is 2. The average molecular weight is 416 g/mol. The fourth-order valence-corrected chi connectivity index (χ4v) is 4.97. The number of oxime groups is 1. The minimum Gasteiger partial charge on any atom is -0.508 e. The molecule has 1 atom stereocenters. The van der Waals surface area contributed by atoms with Crippen LogP contribution in [-0.4, -0.2) is 45.0 Å². The zero-order valence-electron chi connectivity index (χ0n) is 16.8. The second kappa shape index (κ2) is 7.33. The van der Waals surface area contributed by atoms with Gasteiger partial charge in [-0.3, -0.25) is 0 Å². The first-order valence-electron chi connectivity index (χ1n) is 9.76. The number of piperidine rings is 1. The highest BCUT2D eigenvalue weighted by Gasteiger charge is 2.40. The van der Waals surface area contributed by atoms with E-state index >= 15 is 0 Å². The van der Waals surface area contributed by atoms with E-state index in [9.17, 15) is 9.90 Å². The van der Waals surface area contributed by atoms with Crippen molar-refractivity contribution in [2.24, 2.45) is 5.16 Å². The van der Waals surface area contributed by atoms with Crippen LogP contribution in [0.15, 0.2) is 22.7 Å². The summed E-state index contributed by atoms with van der Waals surface area (Å²) in [4.78, 5) is 23.1. The van der Waals surface area contributed by atoms with E-state index in [4.69, 9.17) is 14.9 Å². The lowest BCUT2D eigenvalue weighted by molar-refractivity contribution is -0.00902. The van der Waals surface area contributed by atoms with Crippen LogP contribution in [0.4, 0.5) is 4.79 Å². The van der Waals surface area contributed by atoms with Crippen molar-refractivity contribution >= 4 is 23.1 Å². The van der Waals surface area contributed by atoms with Crippen molar-refractivity contribution < 1.29 is 19.8 Å². The summed E-state index contributed by atoms with van der Waals surface area (Å²) in [6, 6.07) is 3.73. The highest BCUT2D eigenvalue weighted by molar-refractivity contribution is 7.10. The van der Waals surface area contributed by atoms with Gasteiger partial charge < -0.3 is 20.0 Å². The number of rotatable bonds is 3. The van der Waals surface area contributed by atoms with Crippen molar-refractivity contribution in [2.75, 3.05) is 13.1 Å². The molecule has 1 aromatic carbocycles. The van der Waals surface area contributed by atoms with E-state index in [-0.39, 0.29) is 11.7 Å². The molecule has 1 aromatic heterocycles. The van der Waals surface area contributed by atoms with Gasteiger partial charge in [-0.05, 0) is 56.9 Å². The van der Waals surface area contributed by atoms with Gasteiger partial charge in [0.25, 0.3) is 0 Å². The number of amides is 1. The number of carbonyl (C=O) groups is 1. The third kappa shape index (κ3) is 3.69. The number of aromatic nitrogens is 1. The zero-order chi connectivity index (χ0) is 20.8. The number of thiazole rings is 1. The summed E-state index contributed by atoms with van der Waals surface area (Å²) in [5.41, 5.74) is 3.71. The predicted octanol–water partition coefficient (Wildman–Crippen LogP) is 4.36. The number of carboxylic acid groups (broad SMARTS) is 1. The van der Waals surface area contributed by atoms with E-state index in [0.29, 0.717) is 19.5 Å². The van der Waals surface area contributed by atoms with Crippen molar-refractivity contribution in [1.82, 2.24) is 9.88 Å². The molecule has 4 rings (SSSR count). The Balaban J connectivity index is 1.48. The molecule has 0 saturated carbocycles. The van der Waals surface area contributed by atoms with Crippen molar-refractivity contribution in [3.05, 3.63) is 44.9 Å². The number of benzene rings is 1. The number of aryl methyl sites for hydroxylation is 2. The average Bonchev–Trinajstić information content (AvgIpc) is 3.32. The second-order valence-electron chi connectivity index (χ2n) is 8.11. The lowest BCUT2D eigenvalue weighted by Gasteiger charge is -2.28. The molecule has 2 N–H and O–H groups in total. The number of nitrogens with zero attached hydrogens (tertiary/aromatic N) is 3. The Morgan fingerprint density at radius 2 is 1.97 bits per heavy atom. The van der Waals surface area contributed by atoms with Gasteiger partial charge in [-0.1, -0.05) is 5.16 Å². The molecule has 0 bridgehead atoms. The lowest BCUT2D eigenvalue weighted by atomic mass is 9.87. The molecule has 1 saturated heterocycles. The van der Waals surface area contributed by atoms with Crippen LogP contribution >= 0.6 is 11.3 Å². The van der Waals surface area contributed by atoms with Crippen molar-refractivity contribution in [3.63, 3.8) is 0 Å². The van der Waals surface area contributed by atoms with Crippen LogP contribution < -0.4 is 0 Å². The highest BCUT2D eigenvalue weighted by atomic mass is 32.1. The van der Waals surface area contributed by atoms with Crippen LogP contribution in [0, 0.1) is 13.8 Å². The maximum absolute atomic E-state index is 11.1. The number of phenols is 1. The Morgan fingerprint density at radius 1 is 1.28 bits per heavy atom. The SMILES string of the molecule is Cc1cc(O)c(C2(C)CC(c3csc(C4CCN(C(=O)O)CC4)n3)=NO2)cc1C. The summed E-state index contributed by atoms with van der Waals surface area (Å²) >= 11 is 1.59. The van der Waals surface area contributed by atoms with Crippen molar-refractivity contribution in [1.29, 1.82) is 0 Å². The van der Waals surface area contributed by atoms with Crippen LogP contribution in [-0.2, 0) is 10.4 Å². The molecule has 1 unspecified atom stereocenters. The van der Waals surface area contributed by atoms with Gasteiger partial charge in [0.05, 0.1) is 10.7 Å². The standard InChI is InChI=1S/C21H25N3O4S/c1-12-8-15(18(25)9-13(12)2)21(3)10-16(23-28-21)17-11-29-19(22-17)14-4-6-24(7-5-14)20(26)27/h8-9,11,14,25H,4-7,10H2,1-3H3,(H,26,27). The first-order chi connectivity index (χ1) is 13.8. The van der Waals surface area contributed by atoms with Gasteiger partial charge in [0.15, 0.2) is 5.60 Å². The monoisotopic (exact) mass is 415 g/mol. The van der Waals surface area contributed by atoms with E-state index in [2.05, 4.69) is 5.16 Å². The second-order valence-corrected chi connectivity index (χ2v) is 9.00. The van der Waals surface area contributed by atoms with Crippen LogP contribution in [0.2, 0.25) is 0 Å². The number of phenolic OH excluding ortho intramolecular Hbond substituents is 1. The Labute approximate surface area is 173 Å². The van der Waals surface area contributed by atoms with Crippen molar-refractivity contribution in [2.45, 2.75) is 51.6 Å². The molecule has 8 heteroatoms. The van der Waals surface area contributed by atoms with Gasteiger partial charge >= 0.3 is 6.09 Å². The Hall–Kier alpha value is -2.61. The molecule has 0 radical (unpaired) electrons. The van der Waals surface area contributed by atoms with E-state index < -0.39 is 11.7 Å². The molecule has 29 heavy (non-hydrogen) atoms. The van der Waals surface area contributed by atoms with Crippen LogP contribution in [0.3, 0.4) is 0 Å². The summed E-state index contributed by atoms with van der Waals surface area (Å²) < 4.78 is 0. The smallest absolute Gasteiger partial charge is 0.407 e. The molecule has 7 nitrogen and oxygen atoms in total. The maximum Gasteiger partial charge on any atom is 0.407 e. The normalized spacial score (nSPS) is 22.4. The minimum absolute atomic E-state index is 0.219. The molecule has 2 aliphatic heterocycles. The Bertz CT molecular complexity index is 978. The fraction of sp³-hybridized carbons (Fsp3) is 0.476. The summed E-state index contributed by atoms with van der Waals surface area (Å²) in [6.07, 6.45) is 1.26. The summed E-state index contributed by atoms with van der Waals surface area (Å²) in [5, 5.41) is 26.8. The van der Waals surface area contributed by atoms with Crippen LogP contribution in [0.5, 0.6) is 5.75 Å². The van der Waals surface area contributed by atoms with Gasteiger partial charge in [-0.25, -0.2) is 9.78 Å². The molecule has 1 fully saturated rings. The molecule has 3 heterocycles. The minimum atomic E-state index is -0.852. The van der Waals surface area contributed by atoms with E-state index in [1.54, 1.807) is 17.4 Å². The Morgan fingerprint density at radius 3 is 2.66 bits per heavy atom. The van der Waals surface area contributed by atoms with Crippen molar-refractivity contribution in [3.8, 4) is 5.75 Å². The molecular formula is C21H25N3O4S. The number of aromatic hydroxyl groups is 1. The zero-order valence-corrected chi connectivity index (χ0v) is 17.6. The van der Waals surface area contributed by atoms with Gasteiger partial charge in [0, 0.05) is 36.4 Å². The molecular weight excluding hydrogens is 390 g/mol. The van der Waals surface area contributed by atoms with Gasteiger partial charge in [-0.15, -0.1) is 11.3 Å². The molecule has 1 amide bonds. The number of hydrogen-bond acceptors (Lipinski definition) is 6. The van der Waals surface area contributed by atoms with E-state index in [0.717, 1.165) is 45.9 Å². The topological polar surface area (TPSA) is 95.2 Å². The first kappa shape index (κ1) is 19.7. The quantitative estimate of drug-likeness (QED) is 0.776. The molecule has 0 spiro atoms. The Kier molecular flexibility index (Phi) is 4.98. The van der Waals surface area contributed by atoms with Crippen LogP contribution in [0.25, 0.3) is 0 Å².